The lowest BCUT2D eigenvalue weighted by Gasteiger charge is -2.29. The van der Waals surface area contributed by atoms with Crippen molar-refractivity contribution in [3.8, 4) is 5.69 Å². The second kappa shape index (κ2) is 10.3. The molecule has 182 valence electrons. The van der Waals surface area contributed by atoms with Crippen LogP contribution in [0.3, 0.4) is 0 Å². The number of nitrogens with zero attached hydrogens (tertiary/aromatic N) is 3. The summed E-state index contributed by atoms with van der Waals surface area (Å²) in [5.74, 6) is -0.0435. The van der Waals surface area contributed by atoms with E-state index in [1.54, 1.807) is 6.20 Å². The van der Waals surface area contributed by atoms with Crippen LogP contribution in [0.25, 0.3) is 5.69 Å². The van der Waals surface area contributed by atoms with Crippen LogP contribution in [-0.2, 0) is 4.79 Å². The van der Waals surface area contributed by atoms with E-state index in [-0.39, 0.29) is 18.0 Å². The normalized spacial score (nSPS) is 17.2. The van der Waals surface area contributed by atoms with Gasteiger partial charge in [0.2, 0.25) is 5.91 Å². The number of aromatic nitrogens is 2. The van der Waals surface area contributed by atoms with Crippen molar-refractivity contribution < 1.29 is 4.79 Å². The van der Waals surface area contributed by atoms with Crippen LogP contribution in [0, 0.1) is 13.8 Å². The van der Waals surface area contributed by atoms with Crippen LogP contribution in [-0.4, -0.2) is 32.0 Å². The molecular weight excluding hydrogens is 466 g/mol. The van der Waals surface area contributed by atoms with E-state index in [0.29, 0.717) is 18.1 Å². The monoisotopic (exact) mass is 495 g/mol. The van der Waals surface area contributed by atoms with E-state index >= 15 is 0 Å². The Kier molecular flexibility index (Phi) is 6.82. The lowest BCUT2D eigenvalue weighted by molar-refractivity contribution is -0.116. The number of benzene rings is 2. The summed E-state index contributed by atoms with van der Waals surface area (Å²) >= 11 is 5.81. The van der Waals surface area contributed by atoms with Gasteiger partial charge in [-0.2, -0.15) is 0 Å². The molecule has 0 bridgehead atoms. The summed E-state index contributed by atoms with van der Waals surface area (Å²) in [5, 5.41) is 7.12. The fourth-order valence-electron chi connectivity index (χ4n) is 4.86. The highest BCUT2D eigenvalue weighted by Gasteiger charge is 2.41. The zero-order valence-corrected chi connectivity index (χ0v) is 21.2. The summed E-state index contributed by atoms with van der Waals surface area (Å²) in [7, 11) is 0. The van der Waals surface area contributed by atoms with Crippen molar-refractivity contribution in [2.75, 3.05) is 11.9 Å². The third-order valence-corrected chi connectivity index (χ3v) is 6.86. The molecule has 5 rings (SSSR count). The molecule has 1 aliphatic rings. The SMILES string of the molecule is Cc1cccc(NC(=O)CCN2C(=S)N[C@@H](c3ccccn3)[C@@H]2c2ccc(C)n2-c2ccccc2)c1. The number of anilines is 1. The summed E-state index contributed by atoms with van der Waals surface area (Å²) in [6.07, 6.45) is 2.11. The van der Waals surface area contributed by atoms with Crippen molar-refractivity contribution in [2.24, 2.45) is 0 Å². The van der Waals surface area contributed by atoms with Gasteiger partial charge < -0.3 is 20.1 Å². The van der Waals surface area contributed by atoms with Crippen molar-refractivity contribution in [3.63, 3.8) is 0 Å². The molecular formula is C29H29N5OS. The van der Waals surface area contributed by atoms with Gasteiger partial charge in [-0.3, -0.25) is 9.78 Å². The first-order chi connectivity index (χ1) is 17.5. The summed E-state index contributed by atoms with van der Waals surface area (Å²) in [6.45, 7) is 4.60. The molecule has 2 atom stereocenters. The summed E-state index contributed by atoms with van der Waals surface area (Å²) in [6, 6.07) is 28.1. The Morgan fingerprint density at radius 3 is 2.56 bits per heavy atom. The number of carbonyl (C=O) groups is 1. The topological polar surface area (TPSA) is 62.2 Å². The average Bonchev–Trinajstić information content (AvgIpc) is 3.42. The molecule has 2 N–H and O–H groups in total. The van der Waals surface area contributed by atoms with E-state index in [4.69, 9.17) is 12.2 Å². The molecule has 0 radical (unpaired) electrons. The maximum Gasteiger partial charge on any atom is 0.226 e. The molecule has 1 aliphatic heterocycles. The van der Waals surface area contributed by atoms with Gasteiger partial charge in [-0.1, -0.05) is 36.4 Å². The number of carbonyl (C=O) groups excluding carboxylic acids is 1. The summed E-state index contributed by atoms with van der Waals surface area (Å²) in [5.41, 5.74) is 6.14. The van der Waals surface area contributed by atoms with Crippen molar-refractivity contribution in [2.45, 2.75) is 32.4 Å². The number of thiocarbonyl (C=S) groups is 1. The number of aryl methyl sites for hydroxylation is 2. The Labute approximate surface area is 217 Å². The van der Waals surface area contributed by atoms with Crippen LogP contribution >= 0.6 is 12.2 Å². The van der Waals surface area contributed by atoms with E-state index in [9.17, 15) is 4.79 Å². The van der Waals surface area contributed by atoms with Crippen molar-refractivity contribution in [1.29, 1.82) is 0 Å². The number of rotatable bonds is 7. The Hall–Kier alpha value is -3.97. The van der Waals surface area contributed by atoms with Crippen LogP contribution in [0.2, 0.25) is 0 Å². The first kappa shape index (κ1) is 23.8. The summed E-state index contributed by atoms with van der Waals surface area (Å²) in [4.78, 5) is 19.6. The van der Waals surface area contributed by atoms with E-state index in [2.05, 4.69) is 56.3 Å². The molecule has 36 heavy (non-hydrogen) atoms. The number of hydrogen-bond donors (Lipinski definition) is 2. The highest BCUT2D eigenvalue weighted by atomic mass is 32.1. The van der Waals surface area contributed by atoms with Crippen LogP contribution in [0.1, 0.15) is 41.1 Å². The summed E-state index contributed by atoms with van der Waals surface area (Å²) < 4.78 is 2.26. The zero-order valence-electron chi connectivity index (χ0n) is 20.4. The molecule has 0 aliphatic carbocycles. The molecule has 6 nitrogen and oxygen atoms in total. The Balaban J connectivity index is 1.46. The first-order valence-electron chi connectivity index (χ1n) is 12.1. The number of pyridine rings is 1. The number of amides is 1. The van der Waals surface area contributed by atoms with Crippen LogP contribution in [0.4, 0.5) is 5.69 Å². The van der Waals surface area contributed by atoms with Gasteiger partial charge in [-0.05, 0) is 80.2 Å². The van der Waals surface area contributed by atoms with Crippen molar-refractivity contribution in [1.82, 2.24) is 19.8 Å². The minimum Gasteiger partial charge on any atom is -0.352 e. The number of nitrogens with one attached hydrogen (secondary N) is 2. The minimum absolute atomic E-state index is 0.0435. The maximum atomic E-state index is 12.9. The standard InChI is InChI=1S/C29H29N5OS/c1-20-9-8-10-22(19-20)31-26(35)16-18-33-28(27(32-29(33)36)24-13-6-7-17-30-24)25-15-14-21(2)34(25)23-11-4-3-5-12-23/h3-15,17,19,27-28H,16,18H2,1-2H3,(H,31,35)(H,32,36)/t27-,28-/m0/s1. The Morgan fingerprint density at radius 2 is 1.81 bits per heavy atom. The Bertz CT molecular complexity index is 1370. The molecule has 2 aromatic carbocycles. The predicted octanol–water partition coefficient (Wildman–Crippen LogP) is 5.49. The average molecular weight is 496 g/mol. The zero-order chi connectivity index (χ0) is 25.1. The molecule has 4 aromatic rings. The quantitative estimate of drug-likeness (QED) is 0.332. The van der Waals surface area contributed by atoms with Gasteiger partial charge in [0, 0.05) is 41.9 Å². The van der Waals surface area contributed by atoms with E-state index < -0.39 is 0 Å². The lowest BCUT2D eigenvalue weighted by Crippen LogP contribution is -2.33. The van der Waals surface area contributed by atoms with Gasteiger partial charge >= 0.3 is 0 Å². The van der Waals surface area contributed by atoms with Crippen molar-refractivity contribution in [3.05, 3.63) is 114 Å². The van der Waals surface area contributed by atoms with E-state index in [0.717, 1.165) is 34.0 Å². The molecule has 1 fully saturated rings. The lowest BCUT2D eigenvalue weighted by atomic mass is 10.0. The predicted molar refractivity (Wildman–Crippen MR) is 147 cm³/mol. The second-order valence-electron chi connectivity index (χ2n) is 9.06. The number of hydrogen-bond acceptors (Lipinski definition) is 3. The van der Waals surface area contributed by atoms with Crippen LogP contribution in [0.15, 0.2) is 91.1 Å². The third kappa shape index (κ3) is 4.88. The third-order valence-electron chi connectivity index (χ3n) is 6.50. The molecule has 0 unspecified atom stereocenters. The Morgan fingerprint density at radius 1 is 1.00 bits per heavy atom. The van der Waals surface area contributed by atoms with Gasteiger partial charge in [0.1, 0.15) is 0 Å². The van der Waals surface area contributed by atoms with E-state index in [1.807, 2.05) is 67.6 Å². The molecule has 1 amide bonds. The van der Waals surface area contributed by atoms with Gasteiger partial charge in [-0.25, -0.2) is 0 Å². The van der Waals surface area contributed by atoms with Crippen LogP contribution < -0.4 is 10.6 Å². The second-order valence-corrected chi connectivity index (χ2v) is 9.44. The van der Waals surface area contributed by atoms with Crippen molar-refractivity contribution >= 4 is 28.9 Å². The fraction of sp³-hybridized carbons (Fsp3) is 0.207. The number of para-hydroxylation sites is 1. The molecule has 3 heterocycles. The highest BCUT2D eigenvalue weighted by molar-refractivity contribution is 7.80. The molecule has 2 aromatic heterocycles. The maximum absolute atomic E-state index is 12.9. The molecule has 0 spiro atoms. The van der Waals surface area contributed by atoms with E-state index in [1.165, 1.54) is 0 Å². The largest absolute Gasteiger partial charge is 0.352 e. The molecule has 0 saturated carbocycles. The van der Waals surface area contributed by atoms with Crippen LogP contribution in [0.5, 0.6) is 0 Å². The van der Waals surface area contributed by atoms with Gasteiger partial charge in [0.25, 0.3) is 0 Å². The van der Waals surface area contributed by atoms with Gasteiger partial charge in [0.05, 0.1) is 17.8 Å². The highest BCUT2D eigenvalue weighted by Crippen LogP contribution is 2.40. The molecule has 1 saturated heterocycles. The molecule has 7 heteroatoms. The fourth-order valence-corrected chi connectivity index (χ4v) is 5.19. The van der Waals surface area contributed by atoms with Gasteiger partial charge in [-0.15, -0.1) is 0 Å². The first-order valence-corrected chi connectivity index (χ1v) is 12.5. The van der Waals surface area contributed by atoms with Gasteiger partial charge in [0.15, 0.2) is 5.11 Å². The minimum atomic E-state index is -0.143. The smallest absolute Gasteiger partial charge is 0.226 e.